The summed E-state index contributed by atoms with van der Waals surface area (Å²) in [6.07, 6.45) is 24.4. The van der Waals surface area contributed by atoms with E-state index in [0.29, 0.717) is 0 Å². The predicted octanol–water partition coefficient (Wildman–Crippen LogP) is 18.6. The summed E-state index contributed by atoms with van der Waals surface area (Å²) in [4.78, 5) is 0. The molecular weight excluding hydrogens is 793 g/mol. The summed E-state index contributed by atoms with van der Waals surface area (Å²) < 4.78 is 0. The Labute approximate surface area is 389 Å². The van der Waals surface area contributed by atoms with Crippen LogP contribution < -0.4 is 0 Å². The first-order valence-electron chi connectivity index (χ1n) is 22.4. The van der Waals surface area contributed by atoms with Crippen LogP contribution in [0.3, 0.4) is 0 Å². The fraction of sp³-hybridized carbons (Fsp3) is 0. The number of hydrogen-bond donors (Lipinski definition) is 0. The van der Waals surface area contributed by atoms with E-state index in [9.17, 15) is 0 Å². The number of allylic oxidation sites excluding steroid dienone is 12. The van der Waals surface area contributed by atoms with E-state index in [-0.39, 0.29) is 0 Å². The van der Waals surface area contributed by atoms with E-state index >= 15 is 0 Å². The van der Waals surface area contributed by atoms with Crippen LogP contribution in [-0.2, 0) is 0 Å². The summed E-state index contributed by atoms with van der Waals surface area (Å²) in [7, 11) is 0. The molecule has 314 valence electrons. The SMILES string of the molecule is C=CC=CC=Cc1cc2c(-c3ccccc3)c3c(-c4cccc(C(C=C)=CC=C)c4)c4ccccc4c(C(=C)C=CC=Cc4ccccc4)c3c(-c3ccccc3)c2cc1-c1ccccc1. The Kier molecular flexibility index (Phi) is 12.8. The second kappa shape index (κ2) is 19.9. The van der Waals surface area contributed by atoms with E-state index in [1.807, 2.05) is 36.4 Å². The highest BCUT2D eigenvalue weighted by Gasteiger charge is 2.27. The van der Waals surface area contributed by atoms with Gasteiger partial charge in [-0.25, -0.2) is 0 Å². The maximum atomic E-state index is 4.92. The van der Waals surface area contributed by atoms with Crippen LogP contribution in [0.4, 0.5) is 0 Å². The highest BCUT2D eigenvalue weighted by molar-refractivity contribution is 6.32. The topological polar surface area (TPSA) is 0 Å². The highest BCUT2D eigenvalue weighted by Crippen LogP contribution is 2.53. The molecule has 0 aromatic heterocycles. The quantitative estimate of drug-likeness (QED) is 0.0756. The maximum Gasteiger partial charge on any atom is -0.000139 e. The van der Waals surface area contributed by atoms with E-state index in [4.69, 9.17) is 6.58 Å². The molecule has 0 heterocycles. The first kappa shape index (κ1) is 42.7. The zero-order chi connectivity index (χ0) is 45.2. The van der Waals surface area contributed by atoms with Crippen molar-refractivity contribution in [3.63, 3.8) is 0 Å². The van der Waals surface area contributed by atoms with Crippen LogP contribution >= 0.6 is 0 Å². The summed E-state index contributed by atoms with van der Waals surface area (Å²) in [5.41, 5.74) is 15.5. The molecule has 0 fully saturated rings. The molecule has 0 bridgehead atoms. The molecule has 0 saturated carbocycles. The smallest absolute Gasteiger partial charge is 0.000139 e. The van der Waals surface area contributed by atoms with Crippen molar-refractivity contribution < 1.29 is 0 Å². The minimum Gasteiger partial charge on any atom is -0.0991 e. The fourth-order valence-electron chi connectivity index (χ4n) is 9.24. The van der Waals surface area contributed by atoms with Crippen molar-refractivity contribution in [2.24, 2.45) is 0 Å². The van der Waals surface area contributed by atoms with Crippen LogP contribution in [0.15, 0.2) is 269 Å². The summed E-state index contributed by atoms with van der Waals surface area (Å²) in [6.45, 7) is 17.0. The molecule has 0 amide bonds. The van der Waals surface area contributed by atoms with Crippen LogP contribution in [0.25, 0.3) is 100 Å². The van der Waals surface area contributed by atoms with E-state index in [1.165, 1.54) is 0 Å². The molecule has 0 aliphatic carbocycles. The van der Waals surface area contributed by atoms with Gasteiger partial charge in [-0.15, -0.1) is 0 Å². The molecule has 0 N–H and O–H groups in total. The van der Waals surface area contributed by atoms with Crippen molar-refractivity contribution in [1.82, 2.24) is 0 Å². The number of fused-ring (bicyclic) bond motifs is 3. The third-order valence-corrected chi connectivity index (χ3v) is 12.1. The van der Waals surface area contributed by atoms with Crippen LogP contribution in [0.5, 0.6) is 0 Å². The maximum absolute atomic E-state index is 4.92. The summed E-state index contributed by atoms with van der Waals surface area (Å²) in [5.74, 6) is 0. The number of benzene rings is 9. The van der Waals surface area contributed by atoms with E-state index in [1.54, 1.807) is 6.08 Å². The van der Waals surface area contributed by atoms with Crippen molar-refractivity contribution >= 4 is 55.6 Å². The second-order valence-electron chi connectivity index (χ2n) is 16.2. The lowest BCUT2D eigenvalue weighted by Gasteiger charge is -2.26. The van der Waals surface area contributed by atoms with Gasteiger partial charge in [0.25, 0.3) is 0 Å². The van der Waals surface area contributed by atoms with E-state index in [0.717, 1.165) is 110 Å². The van der Waals surface area contributed by atoms with Gasteiger partial charge in [0.2, 0.25) is 0 Å². The van der Waals surface area contributed by atoms with Gasteiger partial charge < -0.3 is 0 Å². The summed E-state index contributed by atoms with van der Waals surface area (Å²) in [5, 5.41) is 6.90. The van der Waals surface area contributed by atoms with Gasteiger partial charge in [0.15, 0.2) is 0 Å². The predicted molar refractivity (Wildman–Crippen MR) is 291 cm³/mol. The van der Waals surface area contributed by atoms with Gasteiger partial charge in [0, 0.05) is 0 Å². The molecule has 0 spiro atoms. The van der Waals surface area contributed by atoms with Crippen molar-refractivity contribution in [1.29, 1.82) is 0 Å². The van der Waals surface area contributed by atoms with Gasteiger partial charge in [0.1, 0.15) is 0 Å². The monoisotopic (exact) mass is 842 g/mol. The molecule has 0 nitrogen and oxygen atoms in total. The lowest BCUT2D eigenvalue weighted by molar-refractivity contribution is 1.59. The molecule has 0 unspecified atom stereocenters. The molecule has 0 heteroatoms. The summed E-state index contributed by atoms with van der Waals surface area (Å²) in [6, 6.07) is 65.5. The third-order valence-electron chi connectivity index (χ3n) is 12.1. The third kappa shape index (κ3) is 8.57. The van der Waals surface area contributed by atoms with Crippen LogP contribution in [-0.4, -0.2) is 0 Å². The molecular formula is C66H50. The molecule has 0 aliphatic heterocycles. The van der Waals surface area contributed by atoms with Crippen molar-refractivity contribution in [3.8, 4) is 44.5 Å². The highest BCUT2D eigenvalue weighted by atomic mass is 14.3. The molecule has 9 aromatic rings. The van der Waals surface area contributed by atoms with Gasteiger partial charge in [-0.1, -0.05) is 263 Å². The van der Waals surface area contributed by atoms with Crippen LogP contribution in [0, 0.1) is 0 Å². The first-order chi connectivity index (χ1) is 32.6. The van der Waals surface area contributed by atoms with Crippen LogP contribution in [0.2, 0.25) is 0 Å². The largest absolute Gasteiger partial charge is 0.0991 e. The van der Waals surface area contributed by atoms with Crippen molar-refractivity contribution in [2.75, 3.05) is 0 Å². The van der Waals surface area contributed by atoms with Crippen molar-refractivity contribution in [3.05, 3.63) is 291 Å². The normalized spacial score (nSPS) is 12.0. The zero-order valence-corrected chi connectivity index (χ0v) is 37.1. The first-order valence-corrected chi connectivity index (χ1v) is 22.4. The average molecular weight is 843 g/mol. The van der Waals surface area contributed by atoms with Crippen molar-refractivity contribution in [2.45, 2.75) is 0 Å². The van der Waals surface area contributed by atoms with Gasteiger partial charge in [-0.2, -0.15) is 0 Å². The number of rotatable bonds is 14. The molecule has 0 saturated heterocycles. The van der Waals surface area contributed by atoms with E-state index in [2.05, 4.69) is 232 Å². The Morgan fingerprint density at radius 2 is 0.970 bits per heavy atom. The Morgan fingerprint density at radius 3 is 1.62 bits per heavy atom. The fourth-order valence-corrected chi connectivity index (χ4v) is 9.24. The zero-order valence-electron chi connectivity index (χ0n) is 37.1. The van der Waals surface area contributed by atoms with Gasteiger partial charge in [0.05, 0.1) is 0 Å². The lowest BCUT2D eigenvalue weighted by Crippen LogP contribution is -2.00. The molecule has 9 rings (SSSR count). The minimum atomic E-state index is 0.921. The molecule has 0 aliphatic rings. The standard InChI is InChI=1S/C66H50/c1-5-8-9-16-39-54-45-59-60(46-58(54)50-33-17-11-18-34-50)63(52-37-21-13-22-38-52)65-61(47(4)29-23-24-32-48-30-14-10-15-31-48)56-42-25-26-43-57(56)64(66(65)62(59)51-35-19-12-20-36-51)55-41-27-40-53(44-55)49(7-3)28-6-2/h5-46H,1-4H2. The minimum absolute atomic E-state index is 0.921. The average Bonchev–Trinajstić information content (AvgIpc) is 3.37. The molecule has 9 aromatic carbocycles. The van der Waals surface area contributed by atoms with Gasteiger partial charge >= 0.3 is 0 Å². The molecule has 0 radical (unpaired) electrons. The molecule has 66 heavy (non-hydrogen) atoms. The van der Waals surface area contributed by atoms with Crippen LogP contribution in [0.1, 0.15) is 22.3 Å². The Morgan fingerprint density at radius 1 is 0.409 bits per heavy atom. The Balaban J connectivity index is 1.54. The Hall–Kier alpha value is -8.58. The molecule has 0 atom stereocenters. The second-order valence-corrected chi connectivity index (χ2v) is 16.2. The summed E-state index contributed by atoms with van der Waals surface area (Å²) >= 11 is 0. The van der Waals surface area contributed by atoms with Gasteiger partial charge in [-0.05, 0) is 128 Å². The van der Waals surface area contributed by atoms with E-state index < -0.39 is 0 Å². The van der Waals surface area contributed by atoms with Gasteiger partial charge in [-0.3, -0.25) is 0 Å². The number of hydrogen-bond acceptors (Lipinski definition) is 0. The lowest BCUT2D eigenvalue weighted by atomic mass is 9.76. The Bertz CT molecular complexity index is 3430.